The van der Waals surface area contributed by atoms with Crippen LogP contribution >= 0.6 is 11.8 Å². The van der Waals surface area contributed by atoms with Crippen LogP contribution in [0.15, 0.2) is 29.3 Å². The van der Waals surface area contributed by atoms with E-state index < -0.39 is 6.10 Å². The highest BCUT2D eigenvalue weighted by Crippen LogP contribution is 2.27. The van der Waals surface area contributed by atoms with E-state index in [0.717, 1.165) is 56.8 Å². The molecular formula is C22H33FN4O2S. The summed E-state index contributed by atoms with van der Waals surface area (Å²) in [5.41, 5.74) is 0.645. The van der Waals surface area contributed by atoms with Crippen LogP contribution < -0.4 is 10.6 Å². The molecule has 1 atom stereocenters. The second-order valence-corrected chi connectivity index (χ2v) is 9.14. The van der Waals surface area contributed by atoms with Crippen LogP contribution in [0.1, 0.15) is 44.3 Å². The molecule has 3 N–H and O–H groups in total. The van der Waals surface area contributed by atoms with Gasteiger partial charge < -0.3 is 20.6 Å². The highest BCUT2D eigenvalue weighted by Gasteiger charge is 2.30. The van der Waals surface area contributed by atoms with E-state index >= 15 is 0 Å². The lowest BCUT2D eigenvalue weighted by molar-refractivity contribution is -0.136. The van der Waals surface area contributed by atoms with Crippen LogP contribution in [0.5, 0.6) is 0 Å². The van der Waals surface area contributed by atoms with E-state index in [9.17, 15) is 14.3 Å². The van der Waals surface area contributed by atoms with Crippen LogP contribution in [0.3, 0.4) is 0 Å². The third-order valence-corrected chi connectivity index (χ3v) is 6.70. The van der Waals surface area contributed by atoms with Gasteiger partial charge in [0, 0.05) is 43.1 Å². The molecule has 3 rings (SSSR count). The zero-order valence-electron chi connectivity index (χ0n) is 17.6. The van der Waals surface area contributed by atoms with Crippen molar-refractivity contribution < 1.29 is 14.3 Å². The number of carbonyl (C=O) groups is 1. The van der Waals surface area contributed by atoms with E-state index in [1.54, 1.807) is 12.1 Å². The summed E-state index contributed by atoms with van der Waals surface area (Å²) >= 11 is 1.92. The van der Waals surface area contributed by atoms with E-state index in [2.05, 4.69) is 15.6 Å². The van der Waals surface area contributed by atoms with Gasteiger partial charge in [-0.2, -0.15) is 11.8 Å². The number of hydrogen-bond donors (Lipinski definition) is 3. The molecule has 30 heavy (non-hydrogen) atoms. The molecule has 1 aliphatic heterocycles. The van der Waals surface area contributed by atoms with Gasteiger partial charge in [0.25, 0.3) is 0 Å². The van der Waals surface area contributed by atoms with Gasteiger partial charge in [-0.3, -0.25) is 9.79 Å². The maximum absolute atomic E-state index is 13.1. The Labute approximate surface area is 182 Å². The number of aliphatic imine (C=N–C) groups is 1. The van der Waals surface area contributed by atoms with E-state index in [1.165, 1.54) is 12.1 Å². The molecule has 1 aliphatic carbocycles. The Morgan fingerprint density at radius 1 is 1.23 bits per heavy atom. The number of carbonyl (C=O) groups excluding carboxylic acids is 1. The van der Waals surface area contributed by atoms with Gasteiger partial charge in [-0.15, -0.1) is 0 Å². The van der Waals surface area contributed by atoms with Gasteiger partial charge in [-0.25, -0.2) is 4.39 Å². The van der Waals surface area contributed by atoms with Crippen LogP contribution in [0, 0.1) is 11.7 Å². The van der Waals surface area contributed by atoms with Crippen LogP contribution in [0.25, 0.3) is 0 Å². The summed E-state index contributed by atoms with van der Waals surface area (Å²) in [7, 11) is 0. The Morgan fingerprint density at radius 3 is 2.53 bits per heavy atom. The second-order valence-electron chi connectivity index (χ2n) is 7.92. The molecule has 1 aromatic carbocycles. The van der Waals surface area contributed by atoms with Crippen molar-refractivity contribution in [2.45, 2.75) is 44.8 Å². The number of aliphatic hydroxyl groups is 1. The maximum atomic E-state index is 13.1. The summed E-state index contributed by atoms with van der Waals surface area (Å²) in [6, 6.07) is 6.11. The largest absolute Gasteiger partial charge is 0.386 e. The third-order valence-electron chi connectivity index (χ3n) is 5.76. The van der Waals surface area contributed by atoms with Crippen LogP contribution in [-0.2, 0) is 4.79 Å². The normalized spacial score (nSPS) is 23.7. The van der Waals surface area contributed by atoms with Crippen molar-refractivity contribution in [2.24, 2.45) is 10.9 Å². The third kappa shape index (κ3) is 6.60. The first-order valence-corrected chi connectivity index (χ1v) is 12.1. The van der Waals surface area contributed by atoms with E-state index in [0.29, 0.717) is 17.4 Å². The molecule has 1 amide bonds. The lowest BCUT2D eigenvalue weighted by atomic mass is 9.85. The SMILES string of the molecule is CCNC(=NCC(O)c1ccc(F)cc1)NC1CCC(C(=O)N2CCSCC2)CC1. The quantitative estimate of drug-likeness (QED) is 0.472. The minimum atomic E-state index is -0.780. The zero-order valence-corrected chi connectivity index (χ0v) is 18.5. The molecular weight excluding hydrogens is 403 g/mol. The molecule has 2 aliphatic rings. The number of rotatable bonds is 6. The van der Waals surface area contributed by atoms with Crippen LogP contribution in [0.4, 0.5) is 4.39 Å². The average Bonchev–Trinajstić information content (AvgIpc) is 2.78. The molecule has 0 aromatic heterocycles. The fraction of sp³-hybridized carbons (Fsp3) is 0.636. The summed E-state index contributed by atoms with van der Waals surface area (Å²) in [5.74, 6) is 2.92. The predicted octanol–water partition coefficient (Wildman–Crippen LogP) is 2.55. The fourth-order valence-corrected chi connectivity index (χ4v) is 4.91. The van der Waals surface area contributed by atoms with Crippen molar-refractivity contribution in [1.82, 2.24) is 15.5 Å². The van der Waals surface area contributed by atoms with Gasteiger partial charge in [0.1, 0.15) is 5.82 Å². The van der Waals surface area contributed by atoms with Gasteiger partial charge in [0.05, 0.1) is 12.6 Å². The standard InChI is InChI=1S/C22H33FN4O2S/c1-2-24-22(25-15-20(28)16-3-7-18(23)8-4-16)26-19-9-5-17(6-10-19)21(29)27-11-13-30-14-12-27/h3-4,7-8,17,19-20,28H,2,5-6,9-15H2,1H3,(H2,24,25,26). The number of benzene rings is 1. The first-order valence-electron chi connectivity index (χ1n) is 10.9. The lowest BCUT2D eigenvalue weighted by Gasteiger charge is -2.34. The van der Waals surface area contributed by atoms with Crippen molar-refractivity contribution in [1.29, 1.82) is 0 Å². The summed E-state index contributed by atoms with van der Waals surface area (Å²) in [5, 5.41) is 17.0. The number of nitrogens with zero attached hydrogens (tertiary/aromatic N) is 2. The molecule has 2 fully saturated rings. The van der Waals surface area contributed by atoms with Crippen molar-refractivity contribution in [2.75, 3.05) is 37.7 Å². The minimum absolute atomic E-state index is 0.144. The number of guanidine groups is 1. The van der Waals surface area contributed by atoms with E-state index in [-0.39, 0.29) is 24.3 Å². The zero-order chi connectivity index (χ0) is 21.3. The number of thioether (sulfide) groups is 1. The van der Waals surface area contributed by atoms with Gasteiger partial charge in [-0.05, 0) is 50.3 Å². The summed E-state index contributed by atoms with van der Waals surface area (Å²) in [6.45, 7) is 4.69. The Hall–Kier alpha value is -1.80. The summed E-state index contributed by atoms with van der Waals surface area (Å²) in [6.07, 6.45) is 2.89. The first-order chi connectivity index (χ1) is 14.6. The summed E-state index contributed by atoms with van der Waals surface area (Å²) in [4.78, 5) is 19.3. The molecule has 0 radical (unpaired) electrons. The predicted molar refractivity (Wildman–Crippen MR) is 120 cm³/mol. The molecule has 1 saturated carbocycles. The lowest BCUT2D eigenvalue weighted by Crippen LogP contribution is -2.47. The number of nitrogens with one attached hydrogen (secondary N) is 2. The number of amides is 1. The fourth-order valence-electron chi connectivity index (χ4n) is 4.01. The van der Waals surface area contributed by atoms with E-state index in [1.807, 2.05) is 23.6 Å². The topological polar surface area (TPSA) is 77.0 Å². The summed E-state index contributed by atoms with van der Waals surface area (Å²) < 4.78 is 13.1. The Balaban J connectivity index is 1.48. The van der Waals surface area contributed by atoms with Gasteiger partial charge >= 0.3 is 0 Å². The Bertz CT molecular complexity index is 702. The Morgan fingerprint density at radius 2 is 1.90 bits per heavy atom. The Kier molecular flexibility index (Phi) is 8.81. The molecule has 0 spiro atoms. The molecule has 1 saturated heterocycles. The average molecular weight is 437 g/mol. The minimum Gasteiger partial charge on any atom is -0.386 e. The monoisotopic (exact) mass is 436 g/mol. The van der Waals surface area contributed by atoms with Crippen LogP contribution in [-0.4, -0.2) is 65.6 Å². The van der Waals surface area contributed by atoms with Gasteiger partial charge in [-0.1, -0.05) is 12.1 Å². The molecule has 1 aromatic rings. The number of hydrogen-bond acceptors (Lipinski definition) is 4. The maximum Gasteiger partial charge on any atom is 0.225 e. The highest BCUT2D eigenvalue weighted by atomic mass is 32.2. The molecule has 1 unspecified atom stereocenters. The van der Waals surface area contributed by atoms with Crippen molar-refractivity contribution >= 4 is 23.6 Å². The molecule has 6 nitrogen and oxygen atoms in total. The molecule has 1 heterocycles. The molecule has 8 heteroatoms. The van der Waals surface area contributed by atoms with Crippen molar-refractivity contribution in [3.63, 3.8) is 0 Å². The smallest absolute Gasteiger partial charge is 0.225 e. The number of halogens is 1. The first kappa shape index (κ1) is 22.9. The molecule has 166 valence electrons. The second kappa shape index (κ2) is 11.6. The van der Waals surface area contributed by atoms with Gasteiger partial charge in [0.2, 0.25) is 5.91 Å². The molecule has 0 bridgehead atoms. The van der Waals surface area contributed by atoms with E-state index in [4.69, 9.17) is 0 Å². The van der Waals surface area contributed by atoms with Crippen molar-refractivity contribution in [3.05, 3.63) is 35.6 Å². The van der Waals surface area contributed by atoms with Gasteiger partial charge in [0.15, 0.2) is 5.96 Å². The number of aliphatic hydroxyl groups excluding tert-OH is 1. The van der Waals surface area contributed by atoms with Crippen LogP contribution in [0.2, 0.25) is 0 Å². The highest BCUT2D eigenvalue weighted by molar-refractivity contribution is 7.99. The van der Waals surface area contributed by atoms with Crippen molar-refractivity contribution in [3.8, 4) is 0 Å².